The molecule has 1 N–H and O–H groups in total. The van der Waals surface area contributed by atoms with Crippen molar-refractivity contribution in [3.05, 3.63) is 29.6 Å². The molecule has 0 aliphatic rings. The summed E-state index contributed by atoms with van der Waals surface area (Å²) in [5.41, 5.74) is 1.18. The smallest absolute Gasteiger partial charge is 0.433 e. The van der Waals surface area contributed by atoms with Gasteiger partial charge in [-0.1, -0.05) is 0 Å². The van der Waals surface area contributed by atoms with Gasteiger partial charge in [0.05, 0.1) is 5.71 Å². The van der Waals surface area contributed by atoms with Crippen molar-refractivity contribution in [2.24, 2.45) is 5.10 Å². The first-order chi connectivity index (χ1) is 9.49. The zero-order chi connectivity index (χ0) is 16.3. The number of pyridine rings is 1. The van der Waals surface area contributed by atoms with Crippen LogP contribution in [0.3, 0.4) is 0 Å². The number of hydrazone groups is 1. The highest BCUT2D eigenvalue weighted by Gasteiger charge is 2.32. The molecule has 1 heterocycles. The summed E-state index contributed by atoms with van der Waals surface area (Å²) in [4.78, 5) is 14.7. The van der Waals surface area contributed by atoms with Crippen molar-refractivity contribution < 1.29 is 22.7 Å². The molecule has 116 valence electrons. The van der Waals surface area contributed by atoms with E-state index in [1.165, 1.54) is 13.0 Å². The Labute approximate surface area is 120 Å². The van der Waals surface area contributed by atoms with Crippen LogP contribution in [0.25, 0.3) is 0 Å². The first-order valence-electron chi connectivity index (χ1n) is 6.06. The average Bonchev–Trinajstić information content (AvgIpc) is 2.33. The van der Waals surface area contributed by atoms with E-state index in [1.54, 1.807) is 20.8 Å². The lowest BCUT2D eigenvalue weighted by atomic mass is 10.2. The minimum Gasteiger partial charge on any atom is -0.443 e. The molecule has 0 saturated carbocycles. The molecular formula is C13H16F3N3O2. The summed E-state index contributed by atoms with van der Waals surface area (Å²) in [5.74, 6) is 0. The molecule has 0 fully saturated rings. The van der Waals surface area contributed by atoms with E-state index in [0.29, 0.717) is 11.3 Å². The summed E-state index contributed by atoms with van der Waals surface area (Å²) in [6.45, 7) is 6.62. The van der Waals surface area contributed by atoms with Crippen LogP contribution >= 0.6 is 0 Å². The lowest BCUT2D eigenvalue weighted by Gasteiger charge is -2.18. The molecule has 0 bridgehead atoms. The second-order valence-electron chi connectivity index (χ2n) is 5.24. The van der Waals surface area contributed by atoms with E-state index < -0.39 is 23.6 Å². The average molecular weight is 303 g/mol. The van der Waals surface area contributed by atoms with Crippen molar-refractivity contribution in [3.8, 4) is 0 Å². The van der Waals surface area contributed by atoms with Gasteiger partial charge in [-0.15, -0.1) is 0 Å². The Hall–Kier alpha value is -2.12. The number of nitrogens with zero attached hydrogens (tertiary/aromatic N) is 2. The molecule has 21 heavy (non-hydrogen) atoms. The molecule has 1 rings (SSSR count). The van der Waals surface area contributed by atoms with Gasteiger partial charge in [0, 0.05) is 11.8 Å². The molecule has 0 radical (unpaired) electrons. The third-order valence-electron chi connectivity index (χ3n) is 2.19. The highest BCUT2D eigenvalue weighted by atomic mass is 19.4. The maximum atomic E-state index is 12.4. The second-order valence-corrected chi connectivity index (χ2v) is 5.24. The minimum atomic E-state index is -4.49. The third kappa shape index (κ3) is 5.80. The van der Waals surface area contributed by atoms with Crippen LogP contribution < -0.4 is 5.43 Å². The van der Waals surface area contributed by atoms with Gasteiger partial charge in [0.25, 0.3) is 0 Å². The molecule has 1 aromatic heterocycles. The highest BCUT2D eigenvalue weighted by molar-refractivity contribution is 5.98. The number of halogens is 3. The number of ether oxygens (including phenoxy) is 1. The number of rotatable bonds is 2. The number of nitrogens with one attached hydrogen (secondary N) is 1. The number of carbonyl (C=O) groups is 1. The highest BCUT2D eigenvalue weighted by Crippen LogP contribution is 2.27. The molecule has 0 unspecified atom stereocenters. The van der Waals surface area contributed by atoms with Crippen molar-refractivity contribution in [3.63, 3.8) is 0 Å². The van der Waals surface area contributed by atoms with E-state index in [0.717, 1.165) is 12.3 Å². The summed E-state index contributed by atoms with van der Waals surface area (Å²) in [6.07, 6.45) is -4.20. The zero-order valence-electron chi connectivity index (χ0n) is 12.1. The van der Waals surface area contributed by atoms with Gasteiger partial charge < -0.3 is 4.74 Å². The van der Waals surface area contributed by atoms with Crippen molar-refractivity contribution in [1.29, 1.82) is 0 Å². The van der Waals surface area contributed by atoms with E-state index in [2.05, 4.69) is 15.5 Å². The SMILES string of the molecule is CC(=NNC(=O)OC(C)(C)C)c1ccc(C(F)(F)F)nc1. The van der Waals surface area contributed by atoms with Crippen LogP contribution in [-0.2, 0) is 10.9 Å². The van der Waals surface area contributed by atoms with Gasteiger partial charge in [-0.05, 0) is 39.8 Å². The Balaban J connectivity index is 2.73. The van der Waals surface area contributed by atoms with Crippen LogP contribution in [0, 0.1) is 0 Å². The Morgan fingerprint density at radius 1 is 1.29 bits per heavy atom. The van der Waals surface area contributed by atoms with Gasteiger partial charge in [-0.3, -0.25) is 4.98 Å². The largest absolute Gasteiger partial charge is 0.443 e. The fraction of sp³-hybridized carbons (Fsp3) is 0.462. The summed E-state index contributed by atoms with van der Waals surface area (Å²) in [6, 6.07) is 2.08. The first-order valence-corrected chi connectivity index (χ1v) is 6.06. The molecule has 1 aromatic rings. The van der Waals surface area contributed by atoms with Crippen LogP contribution in [0.15, 0.2) is 23.4 Å². The van der Waals surface area contributed by atoms with Crippen LogP contribution in [0.1, 0.15) is 39.0 Å². The lowest BCUT2D eigenvalue weighted by molar-refractivity contribution is -0.141. The number of amides is 1. The van der Waals surface area contributed by atoms with Crippen molar-refractivity contribution in [2.75, 3.05) is 0 Å². The van der Waals surface area contributed by atoms with Crippen LogP contribution in [0.5, 0.6) is 0 Å². The Bertz CT molecular complexity index is 531. The quantitative estimate of drug-likeness (QED) is 0.673. The second kappa shape index (κ2) is 6.11. The van der Waals surface area contributed by atoms with Crippen LogP contribution in [0.4, 0.5) is 18.0 Å². The van der Waals surface area contributed by atoms with Gasteiger partial charge in [-0.25, -0.2) is 10.2 Å². The minimum absolute atomic E-state index is 0.307. The van der Waals surface area contributed by atoms with E-state index in [1.807, 2.05) is 0 Å². The molecule has 5 nitrogen and oxygen atoms in total. The normalized spacial score (nSPS) is 13.0. The van der Waals surface area contributed by atoms with E-state index in [-0.39, 0.29) is 0 Å². The topological polar surface area (TPSA) is 63.6 Å². The Morgan fingerprint density at radius 2 is 1.90 bits per heavy atom. The van der Waals surface area contributed by atoms with E-state index in [4.69, 9.17) is 4.74 Å². The Kier molecular flexibility index (Phi) is 4.93. The zero-order valence-corrected chi connectivity index (χ0v) is 12.1. The number of alkyl halides is 3. The van der Waals surface area contributed by atoms with Crippen molar-refractivity contribution >= 4 is 11.8 Å². The Morgan fingerprint density at radius 3 is 2.33 bits per heavy atom. The predicted molar refractivity (Wildman–Crippen MR) is 70.8 cm³/mol. The number of hydrogen-bond acceptors (Lipinski definition) is 4. The van der Waals surface area contributed by atoms with Crippen LogP contribution in [-0.4, -0.2) is 22.4 Å². The maximum absolute atomic E-state index is 12.4. The van der Waals surface area contributed by atoms with Crippen LogP contribution in [0.2, 0.25) is 0 Å². The molecule has 0 saturated heterocycles. The standard InChI is InChI=1S/C13H16F3N3O2/c1-8(18-19-11(20)21-12(2,3)4)9-5-6-10(17-7-9)13(14,15)16/h5-7H,1-4H3,(H,19,20). The fourth-order valence-electron chi connectivity index (χ4n) is 1.27. The third-order valence-corrected chi connectivity index (χ3v) is 2.19. The lowest BCUT2D eigenvalue weighted by Crippen LogP contribution is -2.30. The molecule has 0 aliphatic carbocycles. The fourth-order valence-corrected chi connectivity index (χ4v) is 1.27. The number of hydrogen-bond donors (Lipinski definition) is 1. The van der Waals surface area contributed by atoms with E-state index >= 15 is 0 Å². The van der Waals surface area contributed by atoms with E-state index in [9.17, 15) is 18.0 Å². The summed E-state index contributed by atoms with van der Waals surface area (Å²) < 4.78 is 42.1. The van der Waals surface area contributed by atoms with Gasteiger partial charge in [0.1, 0.15) is 11.3 Å². The molecule has 0 atom stereocenters. The number of carbonyl (C=O) groups excluding carboxylic acids is 1. The van der Waals surface area contributed by atoms with Gasteiger partial charge in [0.2, 0.25) is 0 Å². The monoisotopic (exact) mass is 303 g/mol. The molecule has 8 heteroatoms. The summed E-state index contributed by atoms with van der Waals surface area (Å²) in [5, 5.41) is 3.74. The molecular weight excluding hydrogens is 287 g/mol. The van der Waals surface area contributed by atoms with Crippen molar-refractivity contribution in [2.45, 2.75) is 39.5 Å². The maximum Gasteiger partial charge on any atom is 0.433 e. The number of aromatic nitrogens is 1. The van der Waals surface area contributed by atoms with Crippen molar-refractivity contribution in [1.82, 2.24) is 10.4 Å². The molecule has 1 amide bonds. The summed E-state index contributed by atoms with van der Waals surface area (Å²) in [7, 11) is 0. The van der Waals surface area contributed by atoms with Gasteiger partial charge >= 0.3 is 12.3 Å². The predicted octanol–water partition coefficient (Wildman–Crippen LogP) is 3.35. The first kappa shape index (κ1) is 16.9. The van der Waals surface area contributed by atoms with Gasteiger partial charge in [0.15, 0.2) is 0 Å². The van der Waals surface area contributed by atoms with Gasteiger partial charge in [-0.2, -0.15) is 18.3 Å². The summed E-state index contributed by atoms with van der Waals surface area (Å²) >= 11 is 0. The molecule has 0 aromatic carbocycles. The molecule has 0 spiro atoms. The molecule has 0 aliphatic heterocycles.